The van der Waals surface area contributed by atoms with Gasteiger partial charge in [-0.15, -0.1) is 0 Å². The van der Waals surface area contributed by atoms with Gasteiger partial charge in [0.1, 0.15) is 18.1 Å². The van der Waals surface area contributed by atoms with Crippen LogP contribution >= 0.6 is 0 Å². The number of anilines is 1. The van der Waals surface area contributed by atoms with Gasteiger partial charge in [0.05, 0.1) is 6.26 Å². The minimum absolute atomic E-state index is 0.0887. The van der Waals surface area contributed by atoms with Gasteiger partial charge < -0.3 is 14.5 Å². The Hall–Kier alpha value is -3.20. The number of carbonyl (C=O) groups is 1. The second kappa shape index (κ2) is 7.36. The minimum Gasteiger partial charge on any atom is -0.463 e. The number of rotatable bonds is 6. The normalized spacial score (nSPS) is 10.9. The topological polar surface area (TPSA) is 115 Å². The van der Waals surface area contributed by atoms with Crippen molar-refractivity contribution in [2.24, 2.45) is 0 Å². The molecule has 9 nitrogen and oxygen atoms in total. The Morgan fingerprint density at radius 3 is 2.88 bits per heavy atom. The number of carbonyl (C=O) groups excluding carboxylic acids is 1. The highest BCUT2D eigenvalue weighted by Crippen LogP contribution is 2.24. The average Bonchev–Trinajstić information content (AvgIpc) is 3.27. The van der Waals surface area contributed by atoms with Crippen molar-refractivity contribution in [3.63, 3.8) is 0 Å². The quantitative estimate of drug-likeness (QED) is 0.695. The van der Waals surface area contributed by atoms with Crippen LogP contribution in [0.1, 0.15) is 18.2 Å². The van der Waals surface area contributed by atoms with E-state index in [0.29, 0.717) is 35.1 Å². The van der Waals surface area contributed by atoms with Gasteiger partial charge in [-0.1, -0.05) is 0 Å². The molecule has 3 heterocycles. The van der Waals surface area contributed by atoms with Crippen molar-refractivity contribution < 1.29 is 13.9 Å². The fourth-order valence-corrected chi connectivity index (χ4v) is 2.28. The fraction of sp³-hybridized carbons (Fsp3) is 0.294. The van der Waals surface area contributed by atoms with Gasteiger partial charge in [0.2, 0.25) is 5.95 Å². The summed E-state index contributed by atoms with van der Waals surface area (Å²) in [6.45, 7) is 5.56. The monoisotopic (exact) mass is 357 g/mol. The lowest BCUT2D eigenvalue weighted by Crippen LogP contribution is -2.22. The molecule has 0 aliphatic carbocycles. The highest BCUT2D eigenvalue weighted by Gasteiger charge is 2.17. The summed E-state index contributed by atoms with van der Waals surface area (Å²) in [5.74, 6) is 0.718. The summed E-state index contributed by atoms with van der Waals surface area (Å²) in [5, 5.41) is 7.12. The van der Waals surface area contributed by atoms with Gasteiger partial charge in [0, 0.05) is 23.9 Å². The van der Waals surface area contributed by atoms with Gasteiger partial charge in [0.25, 0.3) is 11.5 Å². The molecule has 9 heteroatoms. The summed E-state index contributed by atoms with van der Waals surface area (Å²) in [6.07, 6.45) is 1.53. The van der Waals surface area contributed by atoms with Gasteiger partial charge in [-0.05, 0) is 32.9 Å². The first-order valence-electron chi connectivity index (χ1n) is 8.09. The number of furan rings is 1. The van der Waals surface area contributed by atoms with Gasteiger partial charge >= 0.3 is 0 Å². The smallest absolute Gasteiger partial charge is 0.255 e. The zero-order chi connectivity index (χ0) is 18.7. The summed E-state index contributed by atoms with van der Waals surface area (Å²) in [5.41, 5.74) is 1.32. The van der Waals surface area contributed by atoms with E-state index in [9.17, 15) is 9.59 Å². The molecule has 0 atom stereocenters. The third kappa shape index (κ3) is 3.57. The Balaban J connectivity index is 2.04. The van der Waals surface area contributed by atoms with E-state index in [1.165, 1.54) is 10.9 Å². The Labute approximate surface area is 149 Å². The fourth-order valence-electron chi connectivity index (χ4n) is 2.28. The summed E-state index contributed by atoms with van der Waals surface area (Å²) < 4.78 is 11.8. The van der Waals surface area contributed by atoms with Crippen LogP contribution in [0.2, 0.25) is 0 Å². The summed E-state index contributed by atoms with van der Waals surface area (Å²) in [4.78, 5) is 31.2. The number of aryl methyl sites for hydroxylation is 1. The number of nitrogens with zero attached hydrogens (tertiary/aromatic N) is 3. The average molecular weight is 357 g/mol. The molecule has 1 amide bonds. The molecular formula is C17H19N5O4. The van der Waals surface area contributed by atoms with Crippen LogP contribution in [0, 0.1) is 13.8 Å². The van der Waals surface area contributed by atoms with Gasteiger partial charge in [-0.3, -0.25) is 14.6 Å². The maximum Gasteiger partial charge on any atom is 0.255 e. The molecule has 3 aromatic rings. The molecule has 0 aliphatic heterocycles. The first-order chi connectivity index (χ1) is 12.5. The van der Waals surface area contributed by atoms with E-state index in [1.54, 1.807) is 39.0 Å². The van der Waals surface area contributed by atoms with Crippen LogP contribution in [0.15, 0.2) is 33.7 Å². The first-order valence-corrected chi connectivity index (χ1v) is 8.09. The number of aromatic amines is 1. The van der Waals surface area contributed by atoms with Crippen LogP contribution in [0.4, 0.5) is 5.82 Å². The standard InChI is InChI=1S/C17H19N5O4/c1-4-25-9-15(23)19-14-8-12(13-6-5-7-26-13)21-22(14)17-18-11(3)10(2)16(24)20-17/h5-8H,4,9H2,1-3H3,(H,19,23)(H,18,20,24). The summed E-state index contributed by atoms with van der Waals surface area (Å²) >= 11 is 0. The SMILES string of the molecule is CCOCC(=O)Nc1cc(-c2ccco2)nn1-c1nc(C)c(C)c(=O)[nH]1. The minimum atomic E-state index is -0.342. The molecule has 0 bridgehead atoms. The molecule has 0 fully saturated rings. The zero-order valence-corrected chi connectivity index (χ0v) is 14.7. The van der Waals surface area contributed by atoms with E-state index in [0.717, 1.165) is 0 Å². The van der Waals surface area contributed by atoms with Crippen molar-refractivity contribution in [1.29, 1.82) is 0 Å². The molecule has 136 valence electrons. The van der Waals surface area contributed by atoms with Crippen LogP contribution in [0.3, 0.4) is 0 Å². The number of aromatic nitrogens is 4. The second-order valence-corrected chi connectivity index (χ2v) is 5.59. The Kier molecular flexibility index (Phi) is 4.99. The largest absolute Gasteiger partial charge is 0.463 e. The number of ether oxygens (including phenoxy) is 1. The molecular weight excluding hydrogens is 338 g/mol. The second-order valence-electron chi connectivity index (χ2n) is 5.59. The van der Waals surface area contributed by atoms with Gasteiger partial charge in [-0.25, -0.2) is 4.98 Å². The van der Waals surface area contributed by atoms with Crippen molar-refractivity contribution >= 4 is 11.7 Å². The number of H-pyrrole nitrogens is 1. The van der Waals surface area contributed by atoms with E-state index in [4.69, 9.17) is 9.15 Å². The number of amides is 1. The first kappa shape index (κ1) is 17.6. The highest BCUT2D eigenvalue weighted by atomic mass is 16.5. The molecule has 0 saturated carbocycles. The Bertz CT molecular complexity index is 972. The third-order valence-electron chi connectivity index (χ3n) is 3.77. The molecule has 0 unspecified atom stereocenters. The lowest BCUT2D eigenvalue weighted by Gasteiger charge is -2.09. The summed E-state index contributed by atoms with van der Waals surface area (Å²) in [6, 6.07) is 5.12. The van der Waals surface area contributed by atoms with Crippen LogP contribution in [-0.2, 0) is 9.53 Å². The van der Waals surface area contributed by atoms with Crippen molar-refractivity contribution in [2.75, 3.05) is 18.5 Å². The van der Waals surface area contributed by atoms with Gasteiger partial charge in [0.15, 0.2) is 5.76 Å². The zero-order valence-electron chi connectivity index (χ0n) is 14.7. The van der Waals surface area contributed by atoms with E-state index in [2.05, 4.69) is 20.4 Å². The third-order valence-corrected chi connectivity index (χ3v) is 3.77. The molecule has 0 saturated heterocycles. The van der Waals surface area contributed by atoms with Crippen molar-refractivity contribution in [1.82, 2.24) is 19.7 Å². The van der Waals surface area contributed by atoms with Crippen LogP contribution in [0.25, 0.3) is 17.4 Å². The number of nitrogens with one attached hydrogen (secondary N) is 2. The Morgan fingerprint density at radius 2 is 2.23 bits per heavy atom. The van der Waals surface area contributed by atoms with E-state index in [1.807, 2.05) is 0 Å². The predicted molar refractivity (Wildman–Crippen MR) is 94.3 cm³/mol. The molecule has 0 spiro atoms. The molecule has 3 aromatic heterocycles. The predicted octanol–water partition coefficient (Wildman–Crippen LogP) is 1.81. The van der Waals surface area contributed by atoms with E-state index in [-0.39, 0.29) is 24.0 Å². The highest BCUT2D eigenvalue weighted by molar-refractivity contribution is 5.91. The molecule has 2 N–H and O–H groups in total. The molecule has 0 aromatic carbocycles. The maximum absolute atomic E-state index is 12.1. The molecule has 26 heavy (non-hydrogen) atoms. The van der Waals surface area contributed by atoms with Crippen LogP contribution in [0.5, 0.6) is 0 Å². The van der Waals surface area contributed by atoms with Crippen molar-refractivity contribution in [2.45, 2.75) is 20.8 Å². The molecule has 3 rings (SSSR count). The Morgan fingerprint density at radius 1 is 1.42 bits per heavy atom. The molecule has 0 aliphatic rings. The van der Waals surface area contributed by atoms with Crippen LogP contribution in [-0.4, -0.2) is 38.9 Å². The van der Waals surface area contributed by atoms with Gasteiger partial charge in [-0.2, -0.15) is 9.78 Å². The lowest BCUT2D eigenvalue weighted by molar-refractivity contribution is -0.120. The van der Waals surface area contributed by atoms with E-state index < -0.39 is 0 Å². The molecule has 0 radical (unpaired) electrons. The maximum atomic E-state index is 12.1. The van der Waals surface area contributed by atoms with Crippen molar-refractivity contribution in [3.05, 3.63) is 46.1 Å². The van der Waals surface area contributed by atoms with Crippen molar-refractivity contribution in [3.8, 4) is 17.4 Å². The van der Waals surface area contributed by atoms with E-state index >= 15 is 0 Å². The number of hydrogen-bond acceptors (Lipinski definition) is 6. The van der Waals surface area contributed by atoms with Crippen LogP contribution < -0.4 is 10.9 Å². The lowest BCUT2D eigenvalue weighted by atomic mass is 10.3. The summed E-state index contributed by atoms with van der Waals surface area (Å²) in [7, 11) is 0. The number of hydrogen-bond donors (Lipinski definition) is 2.